The molecule has 0 heterocycles. The number of carbonyl (C=O) groups excluding carboxylic acids is 1. The molecule has 0 saturated heterocycles. The summed E-state index contributed by atoms with van der Waals surface area (Å²) in [5.41, 5.74) is 0.653. The Labute approximate surface area is 140 Å². The van der Waals surface area contributed by atoms with Gasteiger partial charge in [0.05, 0.1) is 6.10 Å². The van der Waals surface area contributed by atoms with E-state index in [-0.39, 0.29) is 18.1 Å². The zero-order chi connectivity index (χ0) is 16.8. The van der Waals surface area contributed by atoms with E-state index in [1.54, 1.807) is 6.92 Å². The Kier molecular flexibility index (Phi) is 7.32. The fourth-order valence-corrected chi connectivity index (χ4v) is 2.25. The van der Waals surface area contributed by atoms with Crippen LogP contribution in [0.15, 0.2) is 22.7 Å². The van der Waals surface area contributed by atoms with Crippen LogP contribution >= 0.6 is 15.9 Å². The number of hydrogen-bond acceptors (Lipinski definition) is 4. The predicted octanol–water partition coefficient (Wildman–Crippen LogP) is 2.21. The first-order chi connectivity index (χ1) is 10.2. The Morgan fingerprint density at radius 2 is 2.09 bits per heavy atom. The second-order valence-corrected chi connectivity index (χ2v) is 7.23. The van der Waals surface area contributed by atoms with Gasteiger partial charge in [-0.1, -0.05) is 15.9 Å². The largest absolute Gasteiger partial charge is 0.483 e. The summed E-state index contributed by atoms with van der Waals surface area (Å²) in [5.74, 6) is 0.503. The minimum atomic E-state index is -0.408. The van der Waals surface area contributed by atoms with E-state index in [9.17, 15) is 9.90 Å². The highest BCUT2D eigenvalue weighted by Crippen LogP contribution is 2.23. The lowest BCUT2D eigenvalue weighted by atomic mass is 10.1. The van der Waals surface area contributed by atoms with E-state index in [0.717, 1.165) is 10.0 Å². The minimum absolute atomic E-state index is 0.0255. The fraction of sp³-hybridized carbons (Fsp3) is 0.562. The monoisotopic (exact) mass is 372 g/mol. The van der Waals surface area contributed by atoms with E-state index in [1.165, 1.54) is 0 Å². The first-order valence-corrected chi connectivity index (χ1v) is 8.07. The molecular formula is C16H25BrN2O3. The van der Waals surface area contributed by atoms with Crippen LogP contribution in [0.4, 0.5) is 0 Å². The second kappa shape index (κ2) is 8.50. The van der Waals surface area contributed by atoms with E-state index in [1.807, 2.05) is 39.0 Å². The van der Waals surface area contributed by atoms with Crippen LogP contribution in [0.1, 0.15) is 33.3 Å². The number of rotatable bonds is 7. The van der Waals surface area contributed by atoms with Gasteiger partial charge in [0.2, 0.25) is 0 Å². The van der Waals surface area contributed by atoms with Crippen LogP contribution in [-0.2, 0) is 11.3 Å². The third-order valence-electron chi connectivity index (χ3n) is 2.65. The summed E-state index contributed by atoms with van der Waals surface area (Å²) in [6.45, 7) is 8.53. The Hall–Kier alpha value is -1.11. The summed E-state index contributed by atoms with van der Waals surface area (Å²) in [6, 6.07) is 5.63. The van der Waals surface area contributed by atoms with Crippen molar-refractivity contribution in [2.24, 2.45) is 0 Å². The summed E-state index contributed by atoms with van der Waals surface area (Å²) < 4.78 is 6.56. The van der Waals surface area contributed by atoms with Crippen molar-refractivity contribution in [3.63, 3.8) is 0 Å². The van der Waals surface area contributed by atoms with Gasteiger partial charge < -0.3 is 20.5 Å². The molecule has 124 valence electrons. The zero-order valence-electron chi connectivity index (χ0n) is 13.6. The van der Waals surface area contributed by atoms with Gasteiger partial charge in [-0.15, -0.1) is 0 Å². The molecular weight excluding hydrogens is 348 g/mol. The summed E-state index contributed by atoms with van der Waals surface area (Å²) in [6.07, 6.45) is -0.408. The predicted molar refractivity (Wildman–Crippen MR) is 90.9 cm³/mol. The number of carbonyl (C=O) groups is 1. The van der Waals surface area contributed by atoms with Gasteiger partial charge in [-0.2, -0.15) is 0 Å². The second-order valence-electron chi connectivity index (χ2n) is 6.32. The Balaban J connectivity index is 2.63. The third-order valence-corrected chi connectivity index (χ3v) is 3.14. The van der Waals surface area contributed by atoms with E-state index in [4.69, 9.17) is 4.74 Å². The van der Waals surface area contributed by atoms with Crippen molar-refractivity contribution in [1.29, 1.82) is 0 Å². The first kappa shape index (κ1) is 18.9. The van der Waals surface area contributed by atoms with Crippen molar-refractivity contribution in [2.45, 2.75) is 45.9 Å². The average molecular weight is 373 g/mol. The van der Waals surface area contributed by atoms with E-state index in [0.29, 0.717) is 18.8 Å². The highest BCUT2D eigenvalue weighted by Gasteiger charge is 2.14. The van der Waals surface area contributed by atoms with Gasteiger partial charge in [-0.25, -0.2) is 0 Å². The molecule has 1 rings (SSSR count). The Morgan fingerprint density at radius 1 is 1.41 bits per heavy atom. The molecule has 3 N–H and O–H groups in total. The van der Waals surface area contributed by atoms with E-state index >= 15 is 0 Å². The summed E-state index contributed by atoms with van der Waals surface area (Å²) >= 11 is 3.42. The van der Waals surface area contributed by atoms with Crippen LogP contribution in [0, 0.1) is 0 Å². The maximum atomic E-state index is 11.8. The molecule has 0 aliphatic rings. The standard InChI is InChI=1S/C16H25BrN2O3/c1-11(20)8-18-9-12-7-13(17)5-6-14(12)22-10-15(21)19-16(2,3)4/h5-7,11,18,20H,8-10H2,1-4H3,(H,19,21). The molecule has 1 aromatic rings. The molecule has 0 bridgehead atoms. The van der Waals surface area contributed by atoms with Gasteiger partial charge in [-0.05, 0) is 45.9 Å². The van der Waals surface area contributed by atoms with Gasteiger partial charge >= 0.3 is 0 Å². The van der Waals surface area contributed by atoms with E-state index in [2.05, 4.69) is 26.6 Å². The van der Waals surface area contributed by atoms with Crippen molar-refractivity contribution in [3.05, 3.63) is 28.2 Å². The summed E-state index contributed by atoms with van der Waals surface area (Å²) in [5, 5.41) is 15.3. The van der Waals surface area contributed by atoms with Crippen LogP contribution in [0.5, 0.6) is 5.75 Å². The number of halogens is 1. The molecule has 22 heavy (non-hydrogen) atoms. The molecule has 0 radical (unpaired) electrons. The Morgan fingerprint density at radius 3 is 2.68 bits per heavy atom. The number of amides is 1. The molecule has 1 amide bonds. The quantitative estimate of drug-likeness (QED) is 0.686. The van der Waals surface area contributed by atoms with Crippen molar-refractivity contribution in [1.82, 2.24) is 10.6 Å². The maximum Gasteiger partial charge on any atom is 0.258 e. The van der Waals surface area contributed by atoms with Gasteiger partial charge in [0.25, 0.3) is 5.91 Å². The van der Waals surface area contributed by atoms with Gasteiger partial charge in [0, 0.05) is 28.7 Å². The molecule has 0 saturated carbocycles. The van der Waals surface area contributed by atoms with Gasteiger partial charge in [0.1, 0.15) is 5.75 Å². The molecule has 0 aliphatic carbocycles. The van der Waals surface area contributed by atoms with Crippen LogP contribution in [-0.4, -0.2) is 35.8 Å². The van der Waals surface area contributed by atoms with Crippen molar-refractivity contribution in [2.75, 3.05) is 13.2 Å². The molecule has 1 atom stereocenters. The maximum absolute atomic E-state index is 11.8. The number of benzene rings is 1. The lowest BCUT2D eigenvalue weighted by Crippen LogP contribution is -2.43. The first-order valence-electron chi connectivity index (χ1n) is 7.28. The minimum Gasteiger partial charge on any atom is -0.483 e. The fourth-order valence-electron chi connectivity index (χ4n) is 1.84. The molecule has 6 heteroatoms. The van der Waals surface area contributed by atoms with Crippen molar-refractivity contribution >= 4 is 21.8 Å². The zero-order valence-corrected chi connectivity index (χ0v) is 15.2. The third kappa shape index (κ3) is 7.77. The number of aliphatic hydroxyl groups excluding tert-OH is 1. The van der Waals surface area contributed by atoms with Gasteiger partial charge in [-0.3, -0.25) is 4.79 Å². The summed E-state index contributed by atoms with van der Waals surface area (Å²) in [4.78, 5) is 11.8. The average Bonchev–Trinajstić information content (AvgIpc) is 2.35. The highest BCUT2D eigenvalue weighted by molar-refractivity contribution is 9.10. The van der Waals surface area contributed by atoms with Crippen molar-refractivity contribution in [3.8, 4) is 5.75 Å². The molecule has 0 fully saturated rings. The molecule has 1 aromatic carbocycles. The summed E-state index contributed by atoms with van der Waals surface area (Å²) in [7, 11) is 0. The van der Waals surface area contributed by atoms with Crippen molar-refractivity contribution < 1.29 is 14.6 Å². The van der Waals surface area contributed by atoms with Gasteiger partial charge in [0.15, 0.2) is 6.61 Å². The van der Waals surface area contributed by atoms with Crippen LogP contribution in [0.25, 0.3) is 0 Å². The smallest absolute Gasteiger partial charge is 0.258 e. The molecule has 5 nitrogen and oxygen atoms in total. The highest BCUT2D eigenvalue weighted by atomic mass is 79.9. The Bertz CT molecular complexity index is 499. The topological polar surface area (TPSA) is 70.6 Å². The SMILES string of the molecule is CC(O)CNCc1cc(Br)ccc1OCC(=O)NC(C)(C)C. The van der Waals surface area contributed by atoms with E-state index < -0.39 is 6.10 Å². The number of aliphatic hydroxyl groups is 1. The normalized spacial score (nSPS) is 12.8. The molecule has 0 aromatic heterocycles. The van der Waals surface area contributed by atoms with Crippen LogP contribution < -0.4 is 15.4 Å². The van der Waals surface area contributed by atoms with Crippen LogP contribution in [0.2, 0.25) is 0 Å². The number of hydrogen-bond donors (Lipinski definition) is 3. The lowest BCUT2D eigenvalue weighted by Gasteiger charge is -2.21. The van der Waals surface area contributed by atoms with Crippen LogP contribution in [0.3, 0.4) is 0 Å². The number of nitrogens with one attached hydrogen (secondary N) is 2. The molecule has 0 aliphatic heterocycles. The lowest BCUT2D eigenvalue weighted by molar-refractivity contribution is -0.124. The molecule has 0 spiro atoms. The number of ether oxygens (including phenoxy) is 1. The molecule has 1 unspecified atom stereocenters.